The smallest absolute Gasteiger partial charge is 0.273 e. The maximum Gasteiger partial charge on any atom is 0.273 e. The van der Waals surface area contributed by atoms with E-state index in [0.29, 0.717) is 42.6 Å². The average Bonchev–Trinajstić information content (AvgIpc) is 3.27. The summed E-state index contributed by atoms with van der Waals surface area (Å²) < 4.78 is 15.4. The normalized spacial score (nSPS) is 15.1. The van der Waals surface area contributed by atoms with Crippen molar-refractivity contribution in [2.75, 3.05) is 18.0 Å². The van der Waals surface area contributed by atoms with Gasteiger partial charge in [-0.2, -0.15) is 10.4 Å². The van der Waals surface area contributed by atoms with E-state index in [2.05, 4.69) is 31.4 Å². The predicted molar refractivity (Wildman–Crippen MR) is 126 cm³/mol. The third-order valence-electron chi connectivity index (χ3n) is 6.36. The van der Waals surface area contributed by atoms with E-state index in [9.17, 15) is 19.6 Å². The van der Waals surface area contributed by atoms with E-state index in [1.807, 2.05) is 19.1 Å². The van der Waals surface area contributed by atoms with Gasteiger partial charge in [0.1, 0.15) is 17.6 Å². The SMILES string of the molecule is CC1(NC(=O)c2ncccc2F)CCN(c2ccc(-c3cc(O)cn4ncc(C#N)c34)cn2)CC1. The second-order valence-corrected chi connectivity index (χ2v) is 8.82. The molecule has 0 atom stereocenters. The number of nitrogens with zero attached hydrogens (tertiary/aromatic N) is 6. The number of nitrogens with one attached hydrogen (secondary N) is 1. The molecule has 0 aromatic carbocycles. The molecule has 1 aliphatic rings. The Labute approximate surface area is 200 Å². The van der Waals surface area contributed by atoms with Crippen molar-refractivity contribution in [2.24, 2.45) is 0 Å². The molecule has 4 aromatic rings. The Morgan fingerprint density at radius 2 is 2.03 bits per heavy atom. The number of piperidine rings is 1. The van der Waals surface area contributed by atoms with Crippen LogP contribution in [0.3, 0.4) is 0 Å². The third-order valence-corrected chi connectivity index (χ3v) is 6.36. The van der Waals surface area contributed by atoms with Crippen molar-refractivity contribution in [3.05, 3.63) is 72.2 Å². The molecule has 5 heterocycles. The number of rotatable bonds is 4. The molecule has 1 saturated heterocycles. The fourth-order valence-electron chi connectivity index (χ4n) is 4.38. The summed E-state index contributed by atoms with van der Waals surface area (Å²) in [4.78, 5) is 23.1. The number of carbonyl (C=O) groups excluding carboxylic acids is 1. The molecule has 2 N–H and O–H groups in total. The highest BCUT2D eigenvalue weighted by molar-refractivity contribution is 5.93. The zero-order chi connectivity index (χ0) is 24.6. The first-order valence-corrected chi connectivity index (χ1v) is 11.1. The summed E-state index contributed by atoms with van der Waals surface area (Å²) in [7, 11) is 0. The summed E-state index contributed by atoms with van der Waals surface area (Å²) in [5, 5.41) is 26.6. The fraction of sp³-hybridized carbons (Fsp3) is 0.240. The van der Waals surface area contributed by atoms with E-state index in [1.165, 1.54) is 35.2 Å². The van der Waals surface area contributed by atoms with Gasteiger partial charge in [0.2, 0.25) is 0 Å². The van der Waals surface area contributed by atoms with Gasteiger partial charge in [-0.3, -0.25) is 4.79 Å². The largest absolute Gasteiger partial charge is 0.506 e. The third kappa shape index (κ3) is 4.24. The van der Waals surface area contributed by atoms with Crippen LogP contribution >= 0.6 is 0 Å². The standard InChI is InChI=1S/C25H22FN7O2/c1-25(31-24(35)22-20(26)3-2-8-28-22)6-9-32(10-7-25)21-5-4-16(13-29-21)19-11-18(34)15-33-23(19)17(12-27)14-30-33/h2-5,8,11,13-15,34H,6-7,9-10H2,1H3,(H,31,35). The molecule has 1 fully saturated rings. The Morgan fingerprint density at radius 1 is 1.23 bits per heavy atom. The molecule has 4 aromatic heterocycles. The number of carbonyl (C=O) groups is 1. The summed E-state index contributed by atoms with van der Waals surface area (Å²) in [6, 6.07) is 10.2. The highest BCUT2D eigenvalue weighted by atomic mass is 19.1. The van der Waals surface area contributed by atoms with Crippen molar-refractivity contribution in [3.8, 4) is 22.9 Å². The van der Waals surface area contributed by atoms with E-state index in [0.717, 1.165) is 11.4 Å². The molecule has 0 aliphatic carbocycles. The summed E-state index contributed by atoms with van der Waals surface area (Å²) in [5.74, 6) is -0.345. The minimum absolute atomic E-state index is 0.0344. The predicted octanol–water partition coefficient (Wildman–Crippen LogP) is 3.30. The zero-order valence-electron chi connectivity index (χ0n) is 18.9. The van der Waals surface area contributed by atoms with Crippen LogP contribution in [0.5, 0.6) is 5.75 Å². The molecular formula is C25H22FN7O2. The summed E-state index contributed by atoms with van der Waals surface area (Å²) >= 11 is 0. The number of aromatic nitrogens is 4. The maximum atomic E-state index is 13.9. The van der Waals surface area contributed by atoms with Gasteiger partial charge in [-0.25, -0.2) is 18.9 Å². The second-order valence-electron chi connectivity index (χ2n) is 8.82. The Hall–Kier alpha value is -4.52. The highest BCUT2D eigenvalue weighted by Crippen LogP contribution is 2.32. The Bertz CT molecular complexity index is 1450. The Morgan fingerprint density at radius 3 is 2.71 bits per heavy atom. The van der Waals surface area contributed by atoms with Crippen molar-refractivity contribution in [3.63, 3.8) is 0 Å². The van der Waals surface area contributed by atoms with E-state index in [4.69, 9.17) is 0 Å². The van der Waals surface area contributed by atoms with Crippen LogP contribution in [-0.2, 0) is 0 Å². The topological polar surface area (TPSA) is 119 Å². The minimum atomic E-state index is -0.642. The lowest BCUT2D eigenvalue weighted by Gasteiger charge is -2.40. The van der Waals surface area contributed by atoms with Crippen LogP contribution in [0.4, 0.5) is 10.2 Å². The first-order chi connectivity index (χ1) is 16.9. The van der Waals surface area contributed by atoms with E-state index >= 15 is 0 Å². The molecule has 10 heteroatoms. The lowest BCUT2D eigenvalue weighted by Crippen LogP contribution is -2.53. The van der Waals surface area contributed by atoms with Gasteiger partial charge in [-0.1, -0.05) is 0 Å². The molecule has 176 valence electrons. The molecule has 0 radical (unpaired) electrons. The van der Waals surface area contributed by atoms with Gasteiger partial charge in [0.05, 0.1) is 23.5 Å². The van der Waals surface area contributed by atoms with Crippen molar-refractivity contribution in [1.29, 1.82) is 5.26 Å². The molecule has 0 spiro atoms. The maximum absolute atomic E-state index is 13.9. The number of aromatic hydroxyl groups is 1. The van der Waals surface area contributed by atoms with Gasteiger partial charge < -0.3 is 15.3 Å². The average molecular weight is 471 g/mol. The molecule has 0 unspecified atom stereocenters. The van der Waals surface area contributed by atoms with Crippen molar-refractivity contribution >= 4 is 17.2 Å². The number of pyridine rings is 3. The highest BCUT2D eigenvalue weighted by Gasteiger charge is 2.33. The second kappa shape index (κ2) is 8.68. The van der Waals surface area contributed by atoms with Gasteiger partial charge >= 0.3 is 0 Å². The van der Waals surface area contributed by atoms with Gasteiger partial charge in [0.15, 0.2) is 11.5 Å². The van der Waals surface area contributed by atoms with Crippen LogP contribution in [-0.4, -0.2) is 49.2 Å². The van der Waals surface area contributed by atoms with Crippen LogP contribution in [0, 0.1) is 17.1 Å². The molecule has 9 nitrogen and oxygen atoms in total. The molecule has 1 aliphatic heterocycles. The first-order valence-electron chi connectivity index (χ1n) is 11.1. The van der Waals surface area contributed by atoms with Gasteiger partial charge in [0, 0.05) is 42.1 Å². The summed E-state index contributed by atoms with van der Waals surface area (Å²) in [5.41, 5.74) is 1.74. The summed E-state index contributed by atoms with van der Waals surface area (Å²) in [6.45, 7) is 3.27. The first kappa shape index (κ1) is 22.3. The van der Waals surface area contributed by atoms with Crippen LogP contribution in [0.25, 0.3) is 16.6 Å². The van der Waals surface area contributed by atoms with E-state index in [1.54, 1.807) is 12.3 Å². The Balaban J connectivity index is 1.30. The van der Waals surface area contributed by atoms with Crippen molar-refractivity contribution in [1.82, 2.24) is 24.9 Å². The number of fused-ring (bicyclic) bond motifs is 1. The quantitative estimate of drug-likeness (QED) is 0.469. The number of anilines is 1. The molecule has 0 saturated carbocycles. The van der Waals surface area contributed by atoms with Crippen molar-refractivity contribution in [2.45, 2.75) is 25.3 Å². The summed E-state index contributed by atoms with van der Waals surface area (Å²) in [6.07, 6.45) is 7.33. The van der Waals surface area contributed by atoms with Crippen LogP contribution in [0.15, 0.2) is 55.1 Å². The van der Waals surface area contributed by atoms with Gasteiger partial charge in [-0.05, 0) is 50.1 Å². The monoisotopic (exact) mass is 471 g/mol. The Kier molecular flexibility index (Phi) is 5.53. The molecule has 35 heavy (non-hydrogen) atoms. The van der Waals surface area contributed by atoms with Crippen molar-refractivity contribution < 1.29 is 14.3 Å². The van der Waals surface area contributed by atoms with Crippen LogP contribution in [0.2, 0.25) is 0 Å². The van der Waals surface area contributed by atoms with Crippen LogP contribution in [0.1, 0.15) is 35.8 Å². The number of hydrogen-bond acceptors (Lipinski definition) is 7. The number of amides is 1. The fourth-order valence-corrected chi connectivity index (χ4v) is 4.38. The zero-order valence-corrected chi connectivity index (χ0v) is 18.9. The lowest BCUT2D eigenvalue weighted by molar-refractivity contribution is 0.0881. The van der Waals surface area contributed by atoms with Gasteiger partial charge in [-0.15, -0.1) is 0 Å². The molecule has 1 amide bonds. The van der Waals surface area contributed by atoms with Crippen LogP contribution < -0.4 is 10.2 Å². The minimum Gasteiger partial charge on any atom is -0.506 e. The molecule has 5 rings (SSSR count). The van der Waals surface area contributed by atoms with E-state index < -0.39 is 17.3 Å². The molecular weight excluding hydrogens is 449 g/mol. The van der Waals surface area contributed by atoms with E-state index in [-0.39, 0.29) is 11.4 Å². The molecule has 0 bridgehead atoms. The number of nitriles is 1. The van der Waals surface area contributed by atoms with Gasteiger partial charge in [0.25, 0.3) is 5.91 Å². The number of hydrogen-bond donors (Lipinski definition) is 2. The lowest BCUT2D eigenvalue weighted by atomic mass is 9.89. The number of halogens is 1.